The molecule has 128 valence electrons. The normalized spacial score (nSPS) is 18.5. The van der Waals surface area contributed by atoms with Crippen LogP contribution in [-0.2, 0) is 27.3 Å². The third-order valence-corrected chi connectivity index (χ3v) is 4.09. The van der Waals surface area contributed by atoms with Crippen molar-refractivity contribution in [1.29, 1.82) is 0 Å². The summed E-state index contributed by atoms with van der Waals surface area (Å²) >= 11 is 0. The second-order valence-electron chi connectivity index (χ2n) is 6.44. The van der Waals surface area contributed by atoms with Crippen LogP contribution < -0.4 is 0 Å². The van der Waals surface area contributed by atoms with Gasteiger partial charge in [0.1, 0.15) is 0 Å². The molecule has 7 nitrogen and oxygen atoms in total. The zero-order chi connectivity index (χ0) is 17.1. The van der Waals surface area contributed by atoms with Crippen LogP contribution in [0.4, 0.5) is 0 Å². The van der Waals surface area contributed by atoms with E-state index in [1.54, 1.807) is 4.90 Å². The zero-order valence-corrected chi connectivity index (χ0v) is 14.2. The molecule has 1 aromatic rings. The van der Waals surface area contributed by atoms with Crippen LogP contribution in [0, 0.1) is 19.8 Å². The Kier molecular flexibility index (Phi) is 5.41. The molecule has 2 rings (SSSR count). The van der Waals surface area contributed by atoms with Crippen molar-refractivity contribution in [2.24, 2.45) is 5.92 Å². The van der Waals surface area contributed by atoms with Gasteiger partial charge >= 0.3 is 5.97 Å². The van der Waals surface area contributed by atoms with Gasteiger partial charge in [0, 0.05) is 24.3 Å². The van der Waals surface area contributed by atoms with Crippen molar-refractivity contribution in [3.05, 3.63) is 17.0 Å². The lowest BCUT2D eigenvalue weighted by Gasteiger charge is -2.31. The van der Waals surface area contributed by atoms with E-state index in [0.717, 1.165) is 23.5 Å². The average molecular weight is 323 g/mol. The van der Waals surface area contributed by atoms with Gasteiger partial charge in [-0.15, -0.1) is 0 Å². The zero-order valence-electron chi connectivity index (χ0n) is 14.2. The highest BCUT2D eigenvalue weighted by molar-refractivity contribution is 5.81. The van der Waals surface area contributed by atoms with Gasteiger partial charge in [-0.3, -0.25) is 9.48 Å². The monoisotopic (exact) mass is 323 g/mol. The number of aliphatic carboxylic acids is 1. The lowest BCUT2D eigenvalue weighted by molar-refractivity contribution is -0.159. The number of aromatic nitrogens is 2. The minimum atomic E-state index is -1.03. The maximum absolute atomic E-state index is 12.5. The van der Waals surface area contributed by atoms with Crippen LogP contribution in [0.25, 0.3) is 0 Å². The third kappa shape index (κ3) is 4.10. The lowest BCUT2D eigenvalue weighted by atomic mass is 10.1. The Bertz CT molecular complexity index is 594. The van der Waals surface area contributed by atoms with E-state index in [1.807, 2.05) is 18.5 Å². The summed E-state index contributed by atoms with van der Waals surface area (Å²) in [6, 6.07) is 0. The molecule has 0 spiro atoms. The van der Waals surface area contributed by atoms with E-state index < -0.39 is 12.1 Å². The number of rotatable bonds is 5. The van der Waals surface area contributed by atoms with Crippen molar-refractivity contribution >= 4 is 11.9 Å². The number of hydrogen-bond acceptors (Lipinski definition) is 4. The fourth-order valence-electron chi connectivity index (χ4n) is 2.80. The SMILES string of the molecule is Cc1nn(CC(C)C)c(C)c1CC(=O)N1CCOC(C(=O)O)C1. The second kappa shape index (κ2) is 7.12. The highest BCUT2D eigenvalue weighted by Gasteiger charge is 2.29. The molecule has 0 saturated carbocycles. The molecular formula is C16H25N3O4. The van der Waals surface area contributed by atoms with E-state index in [4.69, 9.17) is 9.84 Å². The first-order valence-electron chi connectivity index (χ1n) is 7.94. The molecule has 1 fully saturated rings. The van der Waals surface area contributed by atoms with E-state index in [1.165, 1.54) is 0 Å². The van der Waals surface area contributed by atoms with Gasteiger partial charge in [-0.1, -0.05) is 13.8 Å². The molecule has 7 heteroatoms. The molecule has 1 saturated heterocycles. The maximum Gasteiger partial charge on any atom is 0.334 e. The topological polar surface area (TPSA) is 84.7 Å². The minimum Gasteiger partial charge on any atom is -0.479 e. The first-order chi connectivity index (χ1) is 10.8. The number of carbonyl (C=O) groups is 2. The number of nitrogens with zero attached hydrogens (tertiary/aromatic N) is 3. The van der Waals surface area contributed by atoms with Crippen molar-refractivity contribution in [1.82, 2.24) is 14.7 Å². The summed E-state index contributed by atoms with van der Waals surface area (Å²) in [6.07, 6.45) is -0.680. The van der Waals surface area contributed by atoms with E-state index in [9.17, 15) is 9.59 Å². The molecule has 1 aliphatic rings. The Labute approximate surface area is 136 Å². The molecule has 1 aromatic heterocycles. The van der Waals surface area contributed by atoms with Crippen molar-refractivity contribution in [2.75, 3.05) is 19.7 Å². The number of aryl methyl sites for hydroxylation is 1. The maximum atomic E-state index is 12.5. The fraction of sp³-hybridized carbons (Fsp3) is 0.688. The van der Waals surface area contributed by atoms with Gasteiger partial charge in [-0.2, -0.15) is 5.10 Å². The summed E-state index contributed by atoms with van der Waals surface area (Å²) in [5.41, 5.74) is 2.81. The summed E-state index contributed by atoms with van der Waals surface area (Å²) in [4.78, 5) is 25.1. The molecule has 2 heterocycles. The number of morpholine rings is 1. The number of carbonyl (C=O) groups excluding carboxylic acids is 1. The number of carboxylic acids is 1. The van der Waals surface area contributed by atoms with Gasteiger partial charge in [-0.25, -0.2) is 4.79 Å². The molecule has 1 unspecified atom stereocenters. The Morgan fingerprint density at radius 3 is 2.70 bits per heavy atom. The largest absolute Gasteiger partial charge is 0.479 e. The summed E-state index contributed by atoms with van der Waals surface area (Å²) in [5.74, 6) is -0.624. The molecule has 1 N–H and O–H groups in total. The van der Waals surface area contributed by atoms with Crippen molar-refractivity contribution in [3.8, 4) is 0 Å². The summed E-state index contributed by atoms with van der Waals surface area (Å²) in [5, 5.41) is 13.5. The van der Waals surface area contributed by atoms with E-state index >= 15 is 0 Å². The molecular weight excluding hydrogens is 298 g/mol. The smallest absolute Gasteiger partial charge is 0.334 e. The van der Waals surface area contributed by atoms with Gasteiger partial charge in [0.15, 0.2) is 6.10 Å². The van der Waals surface area contributed by atoms with Crippen LogP contribution in [-0.4, -0.2) is 57.5 Å². The van der Waals surface area contributed by atoms with Crippen LogP contribution in [0.5, 0.6) is 0 Å². The van der Waals surface area contributed by atoms with Gasteiger partial charge < -0.3 is 14.7 Å². The standard InChI is InChI=1S/C16H25N3O4/c1-10(2)8-19-12(4)13(11(3)17-19)7-15(20)18-5-6-23-14(9-18)16(21)22/h10,14H,5-9H2,1-4H3,(H,21,22). The van der Waals surface area contributed by atoms with Gasteiger partial charge in [0.25, 0.3) is 0 Å². The third-order valence-electron chi connectivity index (χ3n) is 4.09. The van der Waals surface area contributed by atoms with Gasteiger partial charge in [0.2, 0.25) is 5.91 Å². The first kappa shape index (κ1) is 17.5. The Morgan fingerprint density at radius 1 is 1.39 bits per heavy atom. The first-order valence-corrected chi connectivity index (χ1v) is 7.94. The summed E-state index contributed by atoms with van der Waals surface area (Å²) in [7, 11) is 0. The van der Waals surface area contributed by atoms with Crippen LogP contribution in [0.1, 0.15) is 30.8 Å². The number of hydrogen-bond donors (Lipinski definition) is 1. The molecule has 0 aliphatic carbocycles. The van der Waals surface area contributed by atoms with E-state index in [-0.39, 0.29) is 25.5 Å². The van der Waals surface area contributed by atoms with Gasteiger partial charge in [-0.05, 0) is 19.8 Å². The number of carboxylic acid groups (broad SMARTS) is 1. The molecule has 0 aromatic carbocycles. The Hall–Kier alpha value is -1.89. The van der Waals surface area contributed by atoms with Crippen LogP contribution >= 0.6 is 0 Å². The highest BCUT2D eigenvalue weighted by Crippen LogP contribution is 2.17. The summed E-state index contributed by atoms with van der Waals surface area (Å²) < 4.78 is 7.10. The minimum absolute atomic E-state index is 0.0742. The molecule has 23 heavy (non-hydrogen) atoms. The lowest BCUT2D eigenvalue weighted by Crippen LogP contribution is -2.49. The summed E-state index contributed by atoms with van der Waals surface area (Å²) in [6.45, 7) is 9.75. The van der Waals surface area contributed by atoms with Crippen molar-refractivity contribution in [2.45, 2.75) is 46.8 Å². The predicted octanol–water partition coefficient (Wildman–Crippen LogP) is 1.01. The highest BCUT2D eigenvalue weighted by atomic mass is 16.5. The average Bonchev–Trinajstić information content (AvgIpc) is 2.74. The van der Waals surface area contributed by atoms with E-state index in [2.05, 4.69) is 18.9 Å². The quantitative estimate of drug-likeness (QED) is 0.874. The fourth-order valence-corrected chi connectivity index (χ4v) is 2.80. The van der Waals surface area contributed by atoms with Crippen LogP contribution in [0.3, 0.4) is 0 Å². The second-order valence-corrected chi connectivity index (χ2v) is 6.44. The van der Waals surface area contributed by atoms with Crippen LogP contribution in [0.2, 0.25) is 0 Å². The molecule has 0 radical (unpaired) electrons. The van der Waals surface area contributed by atoms with Gasteiger partial charge in [0.05, 0.1) is 25.3 Å². The Morgan fingerprint density at radius 2 is 2.09 bits per heavy atom. The van der Waals surface area contributed by atoms with Crippen molar-refractivity contribution < 1.29 is 19.4 Å². The molecule has 0 bridgehead atoms. The molecule has 1 atom stereocenters. The number of amides is 1. The Balaban J connectivity index is 2.08. The number of ether oxygens (including phenoxy) is 1. The van der Waals surface area contributed by atoms with Crippen molar-refractivity contribution in [3.63, 3.8) is 0 Å². The molecule has 1 amide bonds. The van der Waals surface area contributed by atoms with Crippen LogP contribution in [0.15, 0.2) is 0 Å². The predicted molar refractivity (Wildman–Crippen MR) is 84.2 cm³/mol. The van der Waals surface area contributed by atoms with E-state index in [0.29, 0.717) is 12.5 Å². The molecule has 1 aliphatic heterocycles.